The van der Waals surface area contributed by atoms with E-state index in [-0.39, 0.29) is 6.04 Å². The number of nitrogens with zero attached hydrogens (tertiary/aromatic N) is 4. The summed E-state index contributed by atoms with van der Waals surface area (Å²) in [4.78, 5) is 21.4. The molecule has 1 aromatic heterocycles. The van der Waals surface area contributed by atoms with Gasteiger partial charge in [-0.15, -0.1) is 0 Å². The molecule has 7 heteroatoms. The number of carbonyl (C=O) groups is 1. The van der Waals surface area contributed by atoms with Gasteiger partial charge in [0.25, 0.3) is 0 Å². The van der Waals surface area contributed by atoms with Crippen LogP contribution in [0.1, 0.15) is 56.8 Å². The number of para-hydroxylation sites is 1. The number of primary amides is 1. The number of piperidine rings is 2. The van der Waals surface area contributed by atoms with E-state index in [2.05, 4.69) is 22.1 Å². The summed E-state index contributed by atoms with van der Waals surface area (Å²) in [5.74, 6) is 1.63. The number of anilines is 1. The van der Waals surface area contributed by atoms with Crippen molar-refractivity contribution in [3.8, 4) is 11.4 Å². The third-order valence-corrected chi connectivity index (χ3v) is 6.69. The number of hydrogen-bond donors (Lipinski definition) is 1. The predicted octanol–water partition coefficient (Wildman–Crippen LogP) is 3.51. The minimum atomic E-state index is -0.411. The monoisotopic (exact) mass is 381 g/mol. The van der Waals surface area contributed by atoms with Crippen LogP contribution in [0.5, 0.6) is 0 Å². The van der Waals surface area contributed by atoms with E-state index in [0.29, 0.717) is 29.7 Å². The van der Waals surface area contributed by atoms with E-state index in [0.717, 1.165) is 36.9 Å². The average molecular weight is 381 g/mol. The van der Waals surface area contributed by atoms with Gasteiger partial charge in [0.15, 0.2) is 0 Å². The topological polar surface area (TPSA) is 88.5 Å². The Hall–Kier alpha value is -2.41. The summed E-state index contributed by atoms with van der Waals surface area (Å²) in [6.45, 7) is 0. The van der Waals surface area contributed by atoms with Crippen molar-refractivity contribution in [1.29, 1.82) is 0 Å². The van der Waals surface area contributed by atoms with Gasteiger partial charge in [-0.05, 0) is 57.7 Å². The molecule has 148 valence electrons. The fourth-order valence-corrected chi connectivity index (χ4v) is 5.01. The number of aromatic nitrogens is 2. The Bertz CT molecular complexity index is 863. The van der Waals surface area contributed by atoms with Crippen molar-refractivity contribution >= 4 is 11.7 Å². The molecule has 1 aromatic carbocycles. The molecule has 2 amide bonds. The zero-order valence-electron chi connectivity index (χ0n) is 16.3. The lowest BCUT2D eigenvalue weighted by Gasteiger charge is -2.49. The molecule has 1 aliphatic carbocycles. The number of amides is 2. The van der Waals surface area contributed by atoms with Crippen molar-refractivity contribution in [3.63, 3.8) is 0 Å². The highest BCUT2D eigenvalue weighted by atomic mass is 16.5. The molecule has 2 saturated heterocycles. The van der Waals surface area contributed by atoms with Gasteiger partial charge in [0.05, 0.1) is 5.69 Å². The standard InChI is InChI=1S/C21H27N5O2/c1-25-14-5-4-6-15(25)12-16(11-14)26(21(22)27)18-8-3-2-7-17(18)19-23-20(28-24-19)13-9-10-13/h2-3,7-8,13-16H,4-6,9-12H2,1H3,(H2,22,27)/t14-,15+,16?. The van der Waals surface area contributed by atoms with E-state index < -0.39 is 6.03 Å². The Kier molecular flexibility index (Phi) is 4.34. The van der Waals surface area contributed by atoms with Crippen molar-refractivity contribution < 1.29 is 9.32 Å². The lowest BCUT2D eigenvalue weighted by Crippen LogP contribution is -2.57. The maximum atomic E-state index is 12.6. The second-order valence-corrected chi connectivity index (χ2v) is 8.49. The van der Waals surface area contributed by atoms with E-state index >= 15 is 0 Å². The van der Waals surface area contributed by atoms with Crippen molar-refractivity contribution in [3.05, 3.63) is 30.2 Å². The molecule has 7 nitrogen and oxygen atoms in total. The molecule has 28 heavy (non-hydrogen) atoms. The molecular weight excluding hydrogens is 354 g/mol. The first-order valence-corrected chi connectivity index (χ1v) is 10.4. The lowest BCUT2D eigenvalue weighted by molar-refractivity contribution is 0.0564. The highest BCUT2D eigenvalue weighted by Crippen LogP contribution is 2.41. The highest BCUT2D eigenvalue weighted by Gasteiger charge is 2.40. The van der Waals surface area contributed by atoms with Crippen LogP contribution in [-0.4, -0.2) is 46.2 Å². The van der Waals surface area contributed by atoms with Gasteiger partial charge in [0, 0.05) is 29.6 Å². The van der Waals surface area contributed by atoms with Gasteiger partial charge in [-0.1, -0.05) is 23.7 Å². The van der Waals surface area contributed by atoms with Crippen molar-refractivity contribution in [1.82, 2.24) is 15.0 Å². The molecule has 3 fully saturated rings. The molecule has 3 heterocycles. The minimum absolute atomic E-state index is 0.0972. The normalized spacial score (nSPS) is 27.5. The summed E-state index contributed by atoms with van der Waals surface area (Å²) in [7, 11) is 2.21. The number of benzene rings is 1. The number of urea groups is 1. The van der Waals surface area contributed by atoms with E-state index in [1.165, 1.54) is 19.3 Å². The Morgan fingerprint density at radius 1 is 1.18 bits per heavy atom. The Morgan fingerprint density at radius 2 is 1.89 bits per heavy atom. The Balaban J connectivity index is 1.49. The molecule has 0 radical (unpaired) electrons. The van der Waals surface area contributed by atoms with Crippen LogP contribution in [0.4, 0.5) is 10.5 Å². The second-order valence-electron chi connectivity index (χ2n) is 8.49. The van der Waals surface area contributed by atoms with E-state index in [4.69, 9.17) is 10.3 Å². The van der Waals surface area contributed by atoms with Crippen molar-refractivity contribution in [2.24, 2.45) is 5.73 Å². The smallest absolute Gasteiger partial charge is 0.319 e. The van der Waals surface area contributed by atoms with Gasteiger partial charge < -0.3 is 15.2 Å². The molecule has 3 aliphatic rings. The largest absolute Gasteiger partial charge is 0.351 e. The molecule has 3 atom stereocenters. The molecule has 2 aromatic rings. The number of nitrogens with two attached hydrogens (primary N) is 1. The fraction of sp³-hybridized carbons (Fsp3) is 0.571. The molecule has 1 saturated carbocycles. The molecule has 2 N–H and O–H groups in total. The minimum Gasteiger partial charge on any atom is -0.351 e. The summed E-state index contributed by atoms with van der Waals surface area (Å²) < 4.78 is 5.46. The zero-order valence-corrected chi connectivity index (χ0v) is 16.3. The van der Waals surface area contributed by atoms with Gasteiger partial charge >= 0.3 is 6.03 Å². The van der Waals surface area contributed by atoms with Gasteiger partial charge in [0.2, 0.25) is 11.7 Å². The Labute approximate surface area is 164 Å². The maximum absolute atomic E-state index is 12.6. The van der Waals surface area contributed by atoms with Crippen LogP contribution in [0.2, 0.25) is 0 Å². The highest BCUT2D eigenvalue weighted by molar-refractivity contribution is 5.95. The zero-order chi connectivity index (χ0) is 19.3. The lowest BCUT2D eigenvalue weighted by atomic mass is 9.81. The average Bonchev–Trinajstić information content (AvgIpc) is 3.40. The predicted molar refractivity (Wildman–Crippen MR) is 106 cm³/mol. The maximum Gasteiger partial charge on any atom is 0.319 e. The van der Waals surface area contributed by atoms with Crippen LogP contribution < -0.4 is 10.6 Å². The van der Waals surface area contributed by atoms with Crippen molar-refractivity contribution in [2.75, 3.05) is 11.9 Å². The molecule has 1 unspecified atom stereocenters. The third kappa shape index (κ3) is 3.07. The quantitative estimate of drug-likeness (QED) is 0.875. The Morgan fingerprint density at radius 3 is 2.57 bits per heavy atom. The van der Waals surface area contributed by atoms with Crippen molar-refractivity contribution in [2.45, 2.75) is 69.0 Å². The first kappa shape index (κ1) is 17.7. The molecule has 2 bridgehead atoms. The van der Waals surface area contributed by atoms with Gasteiger partial charge in [-0.2, -0.15) is 4.98 Å². The summed E-state index contributed by atoms with van der Waals surface area (Å²) in [5.41, 5.74) is 7.49. The molecule has 0 spiro atoms. The third-order valence-electron chi connectivity index (χ3n) is 6.69. The molecule has 2 aliphatic heterocycles. The fourth-order valence-electron chi connectivity index (χ4n) is 5.01. The first-order valence-electron chi connectivity index (χ1n) is 10.4. The van der Waals surface area contributed by atoms with Crippen LogP contribution in [0.15, 0.2) is 28.8 Å². The second kappa shape index (κ2) is 6.88. The van der Waals surface area contributed by atoms with Gasteiger partial charge in [0.1, 0.15) is 0 Å². The number of fused-ring (bicyclic) bond motifs is 2. The van der Waals surface area contributed by atoms with Crippen LogP contribution >= 0.6 is 0 Å². The summed E-state index contributed by atoms with van der Waals surface area (Å²) in [6.07, 6.45) is 7.75. The van der Waals surface area contributed by atoms with Gasteiger partial charge in [-0.25, -0.2) is 4.79 Å². The van der Waals surface area contributed by atoms with Crippen LogP contribution in [0, 0.1) is 0 Å². The van der Waals surface area contributed by atoms with Crippen LogP contribution in [0.3, 0.4) is 0 Å². The van der Waals surface area contributed by atoms with E-state index in [1.807, 2.05) is 24.3 Å². The summed E-state index contributed by atoms with van der Waals surface area (Å²) >= 11 is 0. The van der Waals surface area contributed by atoms with E-state index in [1.54, 1.807) is 4.90 Å². The number of rotatable bonds is 4. The SMILES string of the molecule is CN1[C@@H]2CCC[C@H]1CC(N(C(N)=O)c1ccccc1-c1noc(C3CC3)n1)C2. The number of hydrogen-bond acceptors (Lipinski definition) is 5. The van der Waals surface area contributed by atoms with Crippen LogP contribution in [-0.2, 0) is 0 Å². The number of carbonyl (C=O) groups excluding carboxylic acids is 1. The van der Waals surface area contributed by atoms with Crippen LogP contribution in [0.25, 0.3) is 11.4 Å². The molecule has 5 rings (SSSR count). The summed E-state index contributed by atoms with van der Waals surface area (Å²) in [5, 5.41) is 4.19. The van der Waals surface area contributed by atoms with E-state index in [9.17, 15) is 4.79 Å². The molecular formula is C21H27N5O2. The van der Waals surface area contributed by atoms with Gasteiger partial charge in [-0.3, -0.25) is 4.90 Å². The first-order chi connectivity index (χ1) is 13.6. The summed E-state index contributed by atoms with van der Waals surface area (Å²) in [6, 6.07) is 8.48.